The van der Waals surface area contributed by atoms with E-state index in [2.05, 4.69) is 0 Å². The van der Waals surface area contributed by atoms with Crippen LogP contribution in [0.4, 0.5) is 13.2 Å². The van der Waals surface area contributed by atoms with E-state index in [4.69, 9.17) is 12.2 Å². The van der Waals surface area contributed by atoms with Gasteiger partial charge in [-0.1, -0.05) is 18.3 Å². The third kappa shape index (κ3) is 2.27. The van der Waals surface area contributed by atoms with Crippen molar-refractivity contribution in [2.45, 2.75) is 11.1 Å². The van der Waals surface area contributed by atoms with E-state index in [9.17, 15) is 13.2 Å². The van der Waals surface area contributed by atoms with Crippen molar-refractivity contribution < 1.29 is 13.2 Å². The molecule has 0 bridgehead atoms. The van der Waals surface area contributed by atoms with Crippen molar-refractivity contribution in [2.75, 3.05) is 6.26 Å². The molecule has 0 aliphatic carbocycles. The molecule has 0 saturated heterocycles. The first-order valence-electron chi connectivity index (χ1n) is 5.09. The lowest BCUT2D eigenvalue weighted by Crippen LogP contribution is -2.06. The minimum absolute atomic E-state index is 0.493. The number of rotatable bonds is 1. The number of alkyl halides is 3. The summed E-state index contributed by atoms with van der Waals surface area (Å²) < 4.78 is 40.2. The number of hydrogen-bond acceptors (Lipinski definition) is 2. The van der Waals surface area contributed by atoms with Crippen LogP contribution in [-0.2, 0) is 13.2 Å². The van der Waals surface area contributed by atoms with Crippen molar-refractivity contribution in [3.63, 3.8) is 0 Å². The van der Waals surface area contributed by atoms with Gasteiger partial charge in [0.1, 0.15) is 0 Å². The van der Waals surface area contributed by atoms with Gasteiger partial charge in [-0.25, -0.2) is 0 Å². The Morgan fingerprint density at radius 1 is 1.28 bits per heavy atom. The number of pyridine rings is 1. The second-order valence-corrected chi connectivity index (χ2v) is 5.12. The van der Waals surface area contributed by atoms with Crippen LogP contribution in [0.3, 0.4) is 0 Å². The van der Waals surface area contributed by atoms with Crippen molar-refractivity contribution in [3.8, 4) is 0 Å². The fourth-order valence-corrected chi connectivity index (χ4v) is 2.81. The second kappa shape index (κ2) is 4.59. The van der Waals surface area contributed by atoms with Crippen LogP contribution in [0.5, 0.6) is 0 Å². The van der Waals surface area contributed by atoms with Gasteiger partial charge in [-0.05, 0) is 18.4 Å². The third-order valence-corrected chi connectivity index (χ3v) is 4.02. The Bertz CT molecular complexity index is 659. The molecule has 2 rings (SSSR count). The second-order valence-electron chi connectivity index (χ2n) is 3.87. The highest BCUT2D eigenvalue weighted by atomic mass is 32.2. The molecule has 0 amide bonds. The Hall–Kier alpha value is -1.01. The van der Waals surface area contributed by atoms with Crippen LogP contribution in [-0.4, -0.2) is 10.8 Å². The molecule has 96 valence electrons. The van der Waals surface area contributed by atoms with E-state index >= 15 is 0 Å². The van der Waals surface area contributed by atoms with Crippen LogP contribution < -0.4 is 0 Å². The van der Waals surface area contributed by atoms with E-state index in [0.29, 0.717) is 15.4 Å². The third-order valence-electron chi connectivity index (χ3n) is 2.70. The predicted octanol–water partition coefficient (Wildman–Crippen LogP) is 4.65. The summed E-state index contributed by atoms with van der Waals surface area (Å²) in [5.74, 6) is 0. The number of fused-ring (bicyclic) bond motifs is 1. The molecule has 0 radical (unpaired) electrons. The van der Waals surface area contributed by atoms with Gasteiger partial charge in [0.15, 0.2) is 0 Å². The summed E-state index contributed by atoms with van der Waals surface area (Å²) in [6, 6.07) is 3.65. The summed E-state index contributed by atoms with van der Waals surface area (Å²) >= 11 is 6.76. The Labute approximate surface area is 112 Å². The number of aromatic nitrogens is 1. The monoisotopic (exact) mass is 289 g/mol. The molecule has 2 aromatic rings. The number of nitrogens with zero attached hydrogens (tertiary/aromatic N) is 1. The molecule has 0 saturated carbocycles. The topological polar surface area (TPSA) is 4.93 Å². The Morgan fingerprint density at radius 2 is 1.94 bits per heavy atom. The van der Waals surface area contributed by atoms with E-state index in [-0.39, 0.29) is 0 Å². The highest BCUT2D eigenvalue weighted by Crippen LogP contribution is 2.32. The maximum Gasteiger partial charge on any atom is 0.416 e. The van der Waals surface area contributed by atoms with Gasteiger partial charge in [0.2, 0.25) is 0 Å². The van der Waals surface area contributed by atoms with Crippen molar-refractivity contribution in [1.82, 2.24) is 4.57 Å². The first kappa shape index (κ1) is 13.4. The Balaban J connectivity index is 2.81. The number of benzene rings is 1. The van der Waals surface area contributed by atoms with Gasteiger partial charge in [0.05, 0.1) is 10.1 Å². The van der Waals surface area contributed by atoms with E-state index in [0.717, 1.165) is 17.0 Å². The fourth-order valence-electron chi connectivity index (χ4n) is 1.77. The molecule has 0 atom stereocenters. The van der Waals surface area contributed by atoms with Gasteiger partial charge in [-0.3, -0.25) is 0 Å². The molecule has 1 heterocycles. The lowest BCUT2D eigenvalue weighted by Gasteiger charge is -2.12. The first-order valence-corrected chi connectivity index (χ1v) is 6.72. The lowest BCUT2D eigenvalue weighted by molar-refractivity contribution is -0.137. The normalized spacial score (nSPS) is 12.1. The molecule has 1 aromatic heterocycles. The average molecular weight is 289 g/mol. The zero-order valence-electron chi connectivity index (χ0n) is 9.71. The van der Waals surface area contributed by atoms with E-state index < -0.39 is 11.7 Å². The molecule has 6 heteroatoms. The Kier molecular flexibility index (Phi) is 3.42. The van der Waals surface area contributed by atoms with E-state index in [1.54, 1.807) is 17.8 Å². The van der Waals surface area contributed by atoms with Crippen molar-refractivity contribution in [2.24, 2.45) is 7.05 Å². The summed E-state index contributed by atoms with van der Waals surface area (Å²) in [6.07, 6.45) is -0.683. The zero-order valence-corrected chi connectivity index (χ0v) is 11.3. The van der Waals surface area contributed by atoms with Crippen LogP contribution >= 0.6 is 24.0 Å². The quantitative estimate of drug-likeness (QED) is 0.556. The largest absolute Gasteiger partial charge is 0.416 e. The molecule has 0 aliphatic rings. The fraction of sp³-hybridized carbons (Fsp3) is 0.250. The van der Waals surface area contributed by atoms with Gasteiger partial charge < -0.3 is 4.57 Å². The lowest BCUT2D eigenvalue weighted by atomic mass is 10.1. The molecule has 1 aromatic carbocycles. The first-order chi connectivity index (χ1) is 8.34. The van der Waals surface area contributed by atoms with Crippen LogP contribution in [0.15, 0.2) is 29.3 Å². The molecular weight excluding hydrogens is 279 g/mol. The predicted molar refractivity (Wildman–Crippen MR) is 70.5 cm³/mol. The molecule has 0 aliphatic heterocycles. The molecule has 0 spiro atoms. The van der Waals surface area contributed by atoms with Gasteiger partial charge in [-0.2, -0.15) is 13.2 Å². The molecule has 0 N–H and O–H groups in total. The summed E-state index contributed by atoms with van der Waals surface area (Å²) in [5.41, 5.74) is -0.162. The average Bonchev–Trinajstić information content (AvgIpc) is 2.32. The summed E-state index contributed by atoms with van der Waals surface area (Å²) in [5, 5.41) is 0.673. The highest BCUT2D eigenvalue weighted by Gasteiger charge is 2.30. The van der Waals surface area contributed by atoms with Gasteiger partial charge in [0, 0.05) is 29.0 Å². The number of aryl methyl sites for hydroxylation is 1. The summed E-state index contributed by atoms with van der Waals surface area (Å²) in [6.45, 7) is 0. The van der Waals surface area contributed by atoms with Crippen LogP contribution in [0.25, 0.3) is 10.9 Å². The Morgan fingerprint density at radius 3 is 2.50 bits per heavy atom. The van der Waals surface area contributed by atoms with Crippen molar-refractivity contribution >= 4 is 34.9 Å². The molecular formula is C12H10F3NS2. The standard InChI is InChI=1S/C12H10F3NS2/c1-16-6-10(18-2)11(17)8-4-3-7(5-9(8)16)12(13,14)15/h3-6H,1-2H3. The maximum atomic E-state index is 12.7. The zero-order chi connectivity index (χ0) is 13.5. The SMILES string of the molecule is CSc1cn(C)c2cc(C(F)(F)F)ccc2c1=S. The molecule has 0 fully saturated rings. The highest BCUT2D eigenvalue weighted by molar-refractivity contribution is 7.98. The summed E-state index contributed by atoms with van der Waals surface area (Å²) in [7, 11) is 1.72. The minimum atomic E-state index is -4.33. The molecule has 0 unspecified atom stereocenters. The van der Waals surface area contributed by atoms with Gasteiger partial charge >= 0.3 is 6.18 Å². The van der Waals surface area contributed by atoms with Gasteiger partial charge in [-0.15, -0.1) is 11.8 Å². The molecule has 18 heavy (non-hydrogen) atoms. The van der Waals surface area contributed by atoms with Crippen molar-refractivity contribution in [3.05, 3.63) is 34.5 Å². The number of halogens is 3. The van der Waals surface area contributed by atoms with Crippen LogP contribution in [0, 0.1) is 4.51 Å². The van der Waals surface area contributed by atoms with Crippen LogP contribution in [0.2, 0.25) is 0 Å². The smallest absolute Gasteiger partial charge is 0.349 e. The van der Waals surface area contributed by atoms with E-state index in [1.165, 1.54) is 17.8 Å². The summed E-state index contributed by atoms with van der Waals surface area (Å²) in [4.78, 5) is 0.889. The van der Waals surface area contributed by atoms with Crippen molar-refractivity contribution in [1.29, 1.82) is 0 Å². The minimum Gasteiger partial charge on any atom is -0.349 e. The van der Waals surface area contributed by atoms with Gasteiger partial charge in [0.25, 0.3) is 0 Å². The van der Waals surface area contributed by atoms with Crippen LogP contribution in [0.1, 0.15) is 5.56 Å². The number of hydrogen-bond donors (Lipinski definition) is 0. The number of thioether (sulfide) groups is 1. The van der Waals surface area contributed by atoms with E-state index in [1.807, 2.05) is 6.26 Å². The molecule has 1 nitrogen and oxygen atoms in total. The maximum absolute atomic E-state index is 12.7.